The van der Waals surface area contributed by atoms with Gasteiger partial charge in [-0.15, -0.1) is 0 Å². The molecule has 4 aromatic carbocycles. The number of amides is 1. The maximum atomic E-state index is 13.0. The summed E-state index contributed by atoms with van der Waals surface area (Å²) in [4.78, 5) is 40.9. The van der Waals surface area contributed by atoms with Crippen LogP contribution in [0.1, 0.15) is 16.7 Å². The van der Waals surface area contributed by atoms with Crippen molar-refractivity contribution in [2.75, 3.05) is 0 Å². The predicted molar refractivity (Wildman–Crippen MR) is 134 cm³/mol. The molecule has 168 valence electrons. The minimum absolute atomic E-state index is 0.100. The van der Waals surface area contributed by atoms with Gasteiger partial charge in [0.15, 0.2) is 0 Å². The number of H-pyrrole nitrogens is 1. The third-order valence-corrected chi connectivity index (χ3v) is 6.06. The number of hydrogen-bond donors (Lipinski definition) is 2. The highest BCUT2D eigenvalue weighted by molar-refractivity contribution is 5.86. The van der Waals surface area contributed by atoms with Gasteiger partial charge in [-0.1, -0.05) is 66.7 Å². The van der Waals surface area contributed by atoms with Crippen molar-refractivity contribution in [2.45, 2.75) is 19.9 Å². The lowest BCUT2D eigenvalue weighted by atomic mass is 10.0. The van der Waals surface area contributed by atoms with Gasteiger partial charge in [0.05, 0.1) is 23.0 Å². The van der Waals surface area contributed by atoms with E-state index in [1.54, 1.807) is 36.4 Å². The van der Waals surface area contributed by atoms with Gasteiger partial charge in [-0.05, 0) is 52.6 Å². The Bertz CT molecular complexity index is 1640. The number of benzene rings is 4. The van der Waals surface area contributed by atoms with E-state index < -0.39 is 5.69 Å². The zero-order valence-electron chi connectivity index (χ0n) is 18.7. The molecule has 1 heterocycles. The highest BCUT2D eigenvalue weighted by Gasteiger charge is 2.11. The Kier molecular flexibility index (Phi) is 5.55. The largest absolute Gasteiger partial charge is 0.352 e. The Morgan fingerprint density at radius 3 is 2.38 bits per heavy atom. The van der Waals surface area contributed by atoms with E-state index in [9.17, 15) is 14.4 Å². The van der Waals surface area contributed by atoms with Crippen molar-refractivity contribution in [1.29, 1.82) is 0 Å². The Hall–Kier alpha value is -4.45. The molecule has 0 aliphatic carbocycles. The van der Waals surface area contributed by atoms with Gasteiger partial charge in [0.25, 0.3) is 5.56 Å². The number of nitrogens with zero attached hydrogens (tertiary/aromatic N) is 1. The van der Waals surface area contributed by atoms with Crippen molar-refractivity contribution in [3.8, 4) is 5.69 Å². The van der Waals surface area contributed by atoms with Crippen LogP contribution in [0.2, 0.25) is 0 Å². The van der Waals surface area contributed by atoms with Gasteiger partial charge in [-0.25, -0.2) is 9.36 Å². The second-order valence-corrected chi connectivity index (χ2v) is 8.33. The van der Waals surface area contributed by atoms with E-state index in [0.717, 1.165) is 32.0 Å². The Labute approximate surface area is 195 Å². The van der Waals surface area contributed by atoms with Gasteiger partial charge in [-0.2, -0.15) is 0 Å². The average molecular weight is 450 g/mol. The molecule has 0 fully saturated rings. The maximum absolute atomic E-state index is 13.0. The van der Waals surface area contributed by atoms with Crippen LogP contribution in [0.3, 0.4) is 0 Å². The fraction of sp³-hybridized carbons (Fsp3) is 0.107. The van der Waals surface area contributed by atoms with Crippen molar-refractivity contribution >= 4 is 27.6 Å². The van der Waals surface area contributed by atoms with Crippen LogP contribution in [0.5, 0.6) is 0 Å². The third-order valence-electron chi connectivity index (χ3n) is 6.06. The number of hydrogen-bond acceptors (Lipinski definition) is 3. The first-order valence-corrected chi connectivity index (χ1v) is 11.1. The summed E-state index contributed by atoms with van der Waals surface area (Å²) in [6.07, 6.45) is 0.202. The van der Waals surface area contributed by atoms with Gasteiger partial charge in [0, 0.05) is 6.54 Å². The minimum Gasteiger partial charge on any atom is -0.352 e. The van der Waals surface area contributed by atoms with E-state index >= 15 is 0 Å². The van der Waals surface area contributed by atoms with Gasteiger partial charge in [0.1, 0.15) is 0 Å². The van der Waals surface area contributed by atoms with Crippen LogP contribution in [0.15, 0.2) is 94.5 Å². The van der Waals surface area contributed by atoms with Crippen molar-refractivity contribution in [1.82, 2.24) is 14.9 Å². The van der Waals surface area contributed by atoms with Gasteiger partial charge >= 0.3 is 5.69 Å². The van der Waals surface area contributed by atoms with Crippen molar-refractivity contribution in [2.24, 2.45) is 0 Å². The zero-order chi connectivity index (χ0) is 23.7. The highest BCUT2D eigenvalue weighted by Crippen LogP contribution is 2.18. The molecule has 0 spiro atoms. The number of rotatable bonds is 5. The molecule has 6 nitrogen and oxygen atoms in total. The molecule has 0 saturated carbocycles. The molecule has 34 heavy (non-hydrogen) atoms. The molecule has 1 aromatic heterocycles. The number of aryl methyl sites for hydroxylation is 1. The quantitative estimate of drug-likeness (QED) is 0.425. The van der Waals surface area contributed by atoms with E-state index in [2.05, 4.69) is 22.4 Å². The fourth-order valence-electron chi connectivity index (χ4n) is 4.27. The summed E-state index contributed by atoms with van der Waals surface area (Å²) in [7, 11) is 0. The molecular formula is C28H23N3O3. The van der Waals surface area contributed by atoms with Crippen LogP contribution >= 0.6 is 0 Å². The van der Waals surface area contributed by atoms with Gasteiger partial charge in [0.2, 0.25) is 5.91 Å². The number of aromatic amines is 1. The van der Waals surface area contributed by atoms with Crippen molar-refractivity contribution in [3.05, 3.63) is 122 Å². The van der Waals surface area contributed by atoms with E-state index in [0.29, 0.717) is 23.1 Å². The van der Waals surface area contributed by atoms with E-state index in [-0.39, 0.29) is 17.9 Å². The molecule has 0 unspecified atom stereocenters. The molecule has 1 amide bonds. The number of aromatic nitrogens is 2. The van der Waals surface area contributed by atoms with Gasteiger partial charge < -0.3 is 10.3 Å². The van der Waals surface area contributed by atoms with Crippen LogP contribution in [-0.2, 0) is 17.8 Å². The second kappa shape index (κ2) is 8.83. The molecular weight excluding hydrogens is 426 g/mol. The fourth-order valence-corrected chi connectivity index (χ4v) is 4.27. The normalized spacial score (nSPS) is 11.1. The second-order valence-electron chi connectivity index (χ2n) is 8.33. The first-order valence-electron chi connectivity index (χ1n) is 11.1. The van der Waals surface area contributed by atoms with Crippen molar-refractivity contribution in [3.63, 3.8) is 0 Å². The van der Waals surface area contributed by atoms with Crippen LogP contribution in [-0.4, -0.2) is 15.5 Å². The van der Waals surface area contributed by atoms with Crippen LogP contribution in [0.25, 0.3) is 27.4 Å². The molecule has 5 rings (SSSR count). The summed E-state index contributed by atoms with van der Waals surface area (Å²) in [5.74, 6) is -0.100. The molecule has 0 aliphatic rings. The van der Waals surface area contributed by atoms with Crippen LogP contribution in [0.4, 0.5) is 0 Å². The first kappa shape index (κ1) is 21.4. The van der Waals surface area contributed by atoms with Crippen LogP contribution < -0.4 is 16.6 Å². The summed E-state index contributed by atoms with van der Waals surface area (Å²) in [5, 5.41) is 5.69. The Morgan fingerprint density at radius 1 is 0.853 bits per heavy atom. The topological polar surface area (TPSA) is 84.0 Å². The maximum Gasteiger partial charge on any atom is 0.333 e. The molecule has 5 aromatic rings. The van der Waals surface area contributed by atoms with E-state index in [4.69, 9.17) is 0 Å². The van der Waals surface area contributed by atoms with Crippen LogP contribution in [0, 0.1) is 6.92 Å². The molecule has 0 bridgehead atoms. The van der Waals surface area contributed by atoms with Gasteiger partial charge in [-0.3, -0.25) is 9.59 Å². The summed E-state index contributed by atoms with van der Waals surface area (Å²) in [6.45, 7) is 2.29. The monoisotopic (exact) mass is 449 g/mol. The predicted octanol–water partition coefficient (Wildman–Crippen LogP) is 4.00. The minimum atomic E-state index is -0.493. The number of carbonyl (C=O) groups excluding carboxylic acids is 1. The standard InChI is InChI=1S/C28H23N3O3/c1-18-6-4-11-24-26(18)30-28(34)31(27(24)33)22-14-12-19(13-15-22)16-25(32)29-17-21-9-5-8-20-7-2-3-10-23(20)21/h2-15H,16-17H2,1H3,(H,29,32)(H,30,34). The molecule has 0 radical (unpaired) electrons. The third kappa shape index (κ3) is 4.01. The number of carbonyl (C=O) groups is 1. The number of nitrogens with one attached hydrogen (secondary N) is 2. The first-order chi connectivity index (χ1) is 16.5. The molecule has 2 N–H and O–H groups in total. The molecule has 0 atom stereocenters. The lowest BCUT2D eigenvalue weighted by Gasteiger charge is -2.10. The molecule has 0 aliphatic heterocycles. The highest BCUT2D eigenvalue weighted by atomic mass is 16.2. The molecule has 0 saturated heterocycles. The van der Waals surface area contributed by atoms with E-state index in [1.807, 2.05) is 43.3 Å². The number of fused-ring (bicyclic) bond motifs is 2. The van der Waals surface area contributed by atoms with Crippen molar-refractivity contribution < 1.29 is 4.79 Å². The zero-order valence-corrected chi connectivity index (χ0v) is 18.7. The lowest BCUT2D eigenvalue weighted by Crippen LogP contribution is -2.33. The number of para-hydroxylation sites is 1. The Balaban J connectivity index is 1.32. The Morgan fingerprint density at radius 2 is 1.56 bits per heavy atom. The summed E-state index contributed by atoms with van der Waals surface area (Å²) in [5.41, 5.74) is 2.83. The average Bonchev–Trinajstić information content (AvgIpc) is 2.84. The summed E-state index contributed by atoms with van der Waals surface area (Å²) < 4.78 is 1.12. The summed E-state index contributed by atoms with van der Waals surface area (Å²) in [6, 6.07) is 26.4. The van der Waals surface area contributed by atoms with E-state index in [1.165, 1.54) is 0 Å². The molecule has 6 heteroatoms. The smallest absolute Gasteiger partial charge is 0.333 e. The SMILES string of the molecule is Cc1cccc2c(=O)n(-c3ccc(CC(=O)NCc4cccc5ccccc45)cc3)c(=O)[nH]c12. The lowest BCUT2D eigenvalue weighted by molar-refractivity contribution is -0.120. The summed E-state index contributed by atoms with van der Waals surface area (Å²) >= 11 is 0.